The normalized spacial score (nSPS) is 12.2. The molecule has 3 rings (SSSR count). The number of amides is 2. The fourth-order valence-electron chi connectivity index (χ4n) is 3.42. The summed E-state index contributed by atoms with van der Waals surface area (Å²) < 4.78 is 10.9. The molecule has 2 amide bonds. The van der Waals surface area contributed by atoms with Crippen LogP contribution in [0.2, 0.25) is 0 Å². The standard InChI is InChI=1S/C23H26N2O5/c1-14-10-15(2)23(16(3)11-14)25-22(28)13-24-21(27)7-5-18(26)17-4-6-19-20(12-17)30-9-8-29-19/h4,6,10-12H,5,7-9,13H2,1-3H3,(H,24,27)(H,25,28). The molecule has 1 heterocycles. The summed E-state index contributed by atoms with van der Waals surface area (Å²) in [7, 11) is 0. The fraction of sp³-hybridized carbons (Fsp3) is 0.348. The summed E-state index contributed by atoms with van der Waals surface area (Å²) in [6.45, 7) is 6.63. The van der Waals surface area contributed by atoms with Crippen LogP contribution in [0.5, 0.6) is 11.5 Å². The Morgan fingerprint density at radius 1 is 0.867 bits per heavy atom. The molecule has 0 unspecified atom stereocenters. The molecule has 2 N–H and O–H groups in total. The molecule has 2 aromatic rings. The summed E-state index contributed by atoms with van der Waals surface area (Å²) in [6, 6.07) is 8.97. The third kappa shape index (κ3) is 5.37. The molecule has 2 aromatic carbocycles. The molecule has 0 fully saturated rings. The molecule has 30 heavy (non-hydrogen) atoms. The van der Waals surface area contributed by atoms with E-state index in [1.54, 1.807) is 18.2 Å². The average Bonchev–Trinajstić information content (AvgIpc) is 2.72. The summed E-state index contributed by atoms with van der Waals surface area (Å²) in [5.74, 6) is 0.318. The Bertz CT molecular complexity index is 961. The van der Waals surface area contributed by atoms with Crippen molar-refractivity contribution < 1.29 is 23.9 Å². The van der Waals surface area contributed by atoms with Crippen LogP contribution in [0.25, 0.3) is 0 Å². The number of benzene rings is 2. The Balaban J connectivity index is 1.46. The van der Waals surface area contributed by atoms with Gasteiger partial charge in [-0.2, -0.15) is 0 Å². The number of Topliss-reactive ketones (excluding diaryl/α,β-unsaturated/α-hetero) is 1. The molecule has 0 saturated heterocycles. The minimum Gasteiger partial charge on any atom is -0.486 e. The minimum atomic E-state index is -0.353. The molecule has 0 radical (unpaired) electrons. The number of anilines is 1. The van der Waals surface area contributed by atoms with Gasteiger partial charge in [0.2, 0.25) is 11.8 Å². The summed E-state index contributed by atoms with van der Waals surface area (Å²) in [4.78, 5) is 36.6. The van der Waals surface area contributed by atoms with Gasteiger partial charge in [0.25, 0.3) is 0 Å². The topological polar surface area (TPSA) is 93.7 Å². The maximum atomic E-state index is 12.4. The number of carbonyl (C=O) groups is 3. The van der Waals surface area contributed by atoms with Crippen LogP contribution in [0.3, 0.4) is 0 Å². The maximum absolute atomic E-state index is 12.4. The van der Waals surface area contributed by atoms with Gasteiger partial charge in [-0.25, -0.2) is 0 Å². The predicted molar refractivity (Wildman–Crippen MR) is 113 cm³/mol. The second-order valence-corrected chi connectivity index (χ2v) is 7.38. The lowest BCUT2D eigenvalue weighted by Crippen LogP contribution is -2.33. The molecule has 7 nitrogen and oxygen atoms in total. The largest absolute Gasteiger partial charge is 0.486 e. The molecule has 0 aromatic heterocycles. The highest BCUT2D eigenvalue weighted by molar-refractivity contribution is 5.99. The van der Waals surface area contributed by atoms with E-state index in [1.807, 2.05) is 32.9 Å². The van der Waals surface area contributed by atoms with Crippen LogP contribution in [0.4, 0.5) is 5.69 Å². The molecule has 0 spiro atoms. The Kier molecular flexibility index (Phi) is 6.72. The molecule has 0 atom stereocenters. The van der Waals surface area contributed by atoms with Crippen molar-refractivity contribution in [2.75, 3.05) is 25.1 Å². The van der Waals surface area contributed by atoms with Gasteiger partial charge < -0.3 is 20.1 Å². The number of ketones is 1. The number of aryl methyl sites for hydroxylation is 3. The van der Waals surface area contributed by atoms with Crippen LogP contribution in [0.1, 0.15) is 39.9 Å². The van der Waals surface area contributed by atoms with Crippen LogP contribution in [0.15, 0.2) is 30.3 Å². The molecule has 0 bridgehead atoms. The van der Waals surface area contributed by atoms with Gasteiger partial charge in [-0.15, -0.1) is 0 Å². The first-order valence-corrected chi connectivity index (χ1v) is 9.90. The van der Waals surface area contributed by atoms with Crippen LogP contribution in [-0.4, -0.2) is 37.4 Å². The second kappa shape index (κ2) is 9.43. The van der Waals surface area contributed by atoms with Gasteiger partial charge in [0.15, 0.2) is 17.3 Å². The van der Waals surface area contributed by atoms with E-state index >= 15 is 0 Å². The number of fused-ring (bicyclic) bond motifs is 1. The van der Waals surface area contributed by atoms with Gasteiger partial charge in [0, 0.05) is 24.1 Å². The number of carbonyl (C=O) groups excluding carboxylic acids is 3. The van der Waals surface area contributed by atoms with Crippen LogP contribution < -0.4 is 20.1 Å². The van der Waals surface area contributed by atoms with Gasteiger partial charge in [-0.1, -0.05) is 17.7 Å². The van der Waals surface area contributed by atoms with E-state index in [0.29, 0.717) is 30.3 Å². The zero-order valence-electron chi connectivity index (χ0n) is 17.5. The summed E-state index contributed by atoms with van der Waals surface area (Å²) in [6.07, 6.45) is 0.0480. The first kappa shape index (κ1) is 21.4. The minimum absolute atomic E-state index is 0.00312. The number of rotatable bonds is 7. The zero-order valence-corrected chi connectivity index (χ0v) is 17.5. The van der Waals surface area contributed by atoms with Gasteiger partial charge in [-0.3, -0.25) is 14.4 Å². The van der Waals surface area contributed by atoms with E-state index in [9.17, 15) is 14.4 Å². The molecule has 0 saturated carbocycles. The molecule has 0 aliphatic carbocycles. The van der Waals surface area contributed by atoms with Crippen molar-refractivity contribution in [3.05, 3.63) is 52.6 Å². The van der Waals surface area contributed by atoms with E-state index in [2.05, 4.69) is 10.6 Å². The Labute approximate surface area is 175 Å². The second-order valence-electron chi connectivity index (χ2n) is 7.38. The number of hydrogen-bond acceptors (Lipinski definition) is 5. The fourth-order valence-corrected chi connectivity index (χ4v) is 3.42. The first-order chi connectivity index (χ1) is 14.3. The van der Waals surface area contributed by atoms with E-state index in [4.69, 9.17) is 9.47 Å². The SMILES string of the molecule is Cc1cc(C)c(NC(=O)CNC(=O)CCC(=O)c2ccc3c(c2)OCCO3)c(C)c1. The average molecular weight is 410 g/mol. The highest BCUT2D eigenvalue weighted by Crippen LogP contribution is 2.31. The summed E-state index contributed by atoms with van der Waals surface area (Å²) in [5.41, 5.74) is 4.29. The van der Waals surface area contributed by atoms with Crippen molar-refractivity contribution in [3.63, 3.8) is 0 Å². The number of nitrogens with one attached hydrogen (secondary N) is 2. The molecule has 1 aliphatic heterocycles. The van der Waals surface area contributed by atoms with Crippen molar-refractivity contribution in [2.45, 2.75) is 33.6 Å². The van der Waals surface area contributed by atoms with Crippen LogP contribution in [0, 0.1) is 20.8 Å². The summed E-state index contributed by atoms with van der Waals surface area (Å²) >= 11 is 0. The lowest BCUT2D eigenvalue weighted by molar-refractivity contribution is -0.124. The molecule has 158 valence electrons. The van der Waals surface area contributed by atoms with E-state index in [-0.39, 0.29) is 37.0 Å². The number of hydrogen-bond donors (Lipinski definition) is 2. The van der Waals surface area contributed by atoms with Crippen LogP contribution >= 0.6 is 0 Å². The van der Waals surface area contributed by atoms with Crippen molar-refractivity contribution >= 4 is 23.3 Å². The molecular weight excluding hydrogens is 384 g/mol. The van der Waals surface area contributed by atoms with Gasteiger partial charge in [-0.05, 0) is 50.1 Å². The zero-order chi connectivity index (χ0) is 21.7. The Morgan fingerprint density at radius 2 is 1.53 bits per heavy atom. The third-order valence-electron chi connectivity index (χ3n) is 4.83. The quantitative estimate of drug-likeness (QED) is 0.684. The van der Waals surface area contributed by atoms with E-state index in [1.165, 1.54) is 0 Å². The number of ether oxygens (including phenoxy) is 2. The Hall–Kier alpha value is -3.35. The van der Waals surface area contributed by atoms with Crippen molar-refractivity contribution in [1.29, 1.82) is 0 Å². The van der Waals surface area contributed by atoms with Crippen molar-refractivity contribution in [3.8, 4) is 11.5 Å². The monoisotopic (exact) mass is 410 g/mol. The maximum Gasteiger partial charge on any atom is 0.243 e. The van der Waals surface area contributed by atoms with Gasteiger partial charge in [0.05, 0.1) is 6.54 Å². The first-order valence-electron chi connectivity index (χ1n) is 9.90. The Morgan fingerprint density at radius 3 is 2.23 bits per heavy atom. The van der Waals surface area contributed by atoms with Gasteiger partial charge in [0.1, 0.15) is 13.2 Å². The van der Waals surface area contributed by atoms with Crippen LogP contribution in [-0.2, 0) is 9.59 Å². The highest BCUT2D eigenvalue weighted by atomic mass is 16.6. The molecular formula is C23H26N2O5. The molecule has 1 aliphatic rings. The van der Waals surface area contributed by atoms with Crippen molar-refractivity contribution in [2.24, 2.45) is 0 Å². The smallest absolute Gasteiger partial charge is 0.243 e. The highest BCUT2D eigenvalue weighted by Gasteiger charge is 2.16. The summed E-state index contributed by atoms with van der Waals surface area (Å²) in [5, 5.41) is 5.40. The van der Waals surface area contributed by atoms with Crippen molar-refractivity contribution in [1.82, 2.24) is 5.32 Å². The lowest BCUT2D eigenvalue weighted by Gasteiger charge is -2.18. The third-order valence-corrected chi connectivity index (χ3v) is 4.83. The van der Waals surface area contributed by atoms with Gasteiger partial charge >= 0.3 is 0 Å². The van der Waals surface area contributed by atoms with E-state index in [0.717, 1.165) is 22.4 Å². The predicted octanol–water partition coefficient (Wildman–Crippen LogP) is 3.10. The lowest BCUT2D eigenvalue weighted by atomic mass is 10.1. The molecule has 7 heteroatoms. The van der Waals surface area contributed by atoms with E-state index < -0.39 is 0 Å².